The maximum Gasteiger partial charge on any atom is 0.254 e. The van der Waals surface area contributed by atoms with Crippen molar-refractivity contribution in [2.75, 3.05) is 24.5 Å². The molecule has 4 rings (SSSR count). The average Bonchev–Trinajstić information content (AvgIpc) is 3.15. The molecule has 0 spiro atoms. The molecule has 6 nitrogen and oxygen atoms in total. The Morgan fingerprint density at radius 1 is 1.33 bits per heavy atom. The van der Waals surface area contributed by atoms with Gasteiger partial charge in [-0.1, -0.05) is 18.3 Å². The van der Waals surface area contributed by atoms with Gasteiger partial charge in [0.25, 0.3) is 5.78 Å². The minimum absolute atomic E-state index is 0. The molecule has 0 bridgehead atoms. The van der Waals surface area contributed by atoms with Crippen LogP contribution in [0.15, 0.2) is 23.6 Å². The molecule has 1 aliphatic heterocycles. The molecule has 3 aromatic heterocycles. The Balaban J connectivity index is 0.00000104. The van der Waals surface area contributed by atoms with Crippen LogP contribution in [-0.2, 0) is 0 Å². The molecule has 3 aromatic rings. The quantitative estimate of drug-likeness (QED) is 0.642. The third-order valence-corrected chi connectivity index (χ3v) is 4.85. The van der Waals surface area contributed by atoms with E-state index in [9.17, 15) is 0 Å². The van der Waals surface area contributed by atoms with Crippen LogP contribution in [0.25, 0.3) is 16.5 Å². The van der Waals surface area contributed by atoms with Crippen LogP contribution in [0.3, 0.4) is 0 Å². The average molecular weight is 405 g/mol. The lowest BCUT2D eigenvalue weighted by Gasteiger charge is -2.33. The molecule has 24 heavy (non-hydrogen) atoms. The molecule has 10 heteroatoms. The van der Waals surface area contributed by atoms with Crippen molar-refractivity contribution in [3.8, 4) is 10.7 Å². The molecule has 0 aliphatic carbocycles. The van der Waals surface area contributed by atoms with Gasteiger partial charge in [0.1, 0.15) is 10.5 Å². The number of anilines is 1. The van der Waals surface area contributed by atoms with E-state index in [0.717, 1.165) is 36.2 Å². The van der Waals surface area contributed by atoms with E-state index in [1.54, 1.807) is 11.3 Å². The van der Waals surface area contributed by atoms with Crippen molar-refractivity contribution in [2.24, 2.45) is 0 Å². The highest BCUT2D eigenvalue weighted by molar-refractivity contribution is 7.71. The summed E-state index contributed by atoms with van der Waals surface area (Å²) in [5.41, 5.74) is 0. The zero-order valence-corrected chi connectivity index (χ0v) is 16.2. The van der Waals surface area contributed by atoms with Crippen LogP contribution >= 0.6 is 48.4 Å². The summed E-state index contributed by atoms with van der Waals surface area (Å²) in [7, 11) is 0. The Bertz CT molecular complexity index is 860. The normalized spacial score (nSPS) is 17.4. The zero-order chi connectivity index (χ0) is 15.1. The van der Waals surface area contributed by atoms with Gasteiger partial charge in [0.2, 0.25) is 0 Å². The third kappa shape index (κ3) is 3.57. The topological polar surface area (TPSA) is 61.2 Å². The first-order valence-corrected chi connectivity index (χ1v) is 8.51. The van der Waals surface area contributed by atoms with Crippen molar-refractivity contribution in [2.45, 2.75) is 13.0 Å². The van der Waals surface area contributed by atoms with Crippen molar-refractivity contribution in [1.82, 2.24) is 24.9 Å². The van der Waals surface area contributed by atoms with Gasteiger partial charge < -0.3 is 10.2 Å². The largest absolute Gasteiger partial charge is 0.354 e. The first-order chi connectivity index (χ1) is 10.7. The maximum absolute atomic E-state index is 5.32. The van der Waals surface area contributed by atoms with E-state index in [0.29, 0.717) is 16.5 Å². The van der Waals surface area contributed by atoms with Gasteiger partial charge in [-0.2, -0.15) is 9.97 Å². The number of thiophene rings is 1. The number of hydrogen-bond acceptors (Lipinski definition) is 6. The lowest BCUT2D eigenvalue weighted by atomic mass is 10.2. The van der Waals surface area contributed by atoms with Crippen LogP contribution in [-0.4, -0.2) is 45.3 Å². The molecule has 1 aliphatic rings. The number of nitrogens with one attached hydrogen (secondary N) is 2. The second-order valence-electron chi connectivity index (χ2n) is 5.44. The molecule has 4 heterocycles. The predicted octanol–water partition coefficient (Wildman–Crippen LogP) is 3.16. The summed E-state index contributed by atoms with van der Waals surface area (Å²) in [6, 6.07) is 6.45. The summed E-state index contributed by atoms with van der Waals surface area (Å²) in [6.45, 7) is 5.03. The van der Waals surface area contributed by atoms with Crippen LogP contribution in [0, 0.1) is 4.64 Å². The Morgan fingerprint density at radius 2 is 2.17 bits per heavy atom. The lowest BCUT2D eigenvalue weighted by Crippen LogP contribution is -2.49. The number of aromatic nitrogens is 4. The van der Waals surface area contributed by atoms with E-state index >= 15 is 0 Å². The summed E-state index contributed by atoms with van der Waals surface area (Å²) in [5.74, 6) is 2.48. The maximum atomic E-state index is 5.32. The van der Waals surface area contributed by atoms with Crippen molar-refractivity contribution in [3.63, 3.8) is 0 Å². The minimum atomic E-state index is 0. The van der Waals surface area contributed by atoms with E-state index in [4.69, 9.17) is 12.2 Å². The minimum Gasteiger partial charge on any atom is -0.354 e. The van der Waals surface area contributed by atoms with Crippen LogP contribution in [0.2, 0.25) is 0 Å². The second-order valence-corrected chi connectivity index (χ2v) is 6.80. The third-order valence-electron chi connectivity index (χ3n) is 3.77. The van der Waals surface area contributed by atoms with Crippen molar-refractivity contribution in [3.05, 3.63) is 28.2 Å². The Kier molecular flexibility index (Phi) is 6.22. The van der Waals surface area contributed by atoms with E-state index in [2.05, 4.69) is 32.2 Å². The van der Waals surface area contributed by atoms with Gasteiger partial charge in [-0.15, -0.1) is 36.2 Å². The van der Waals surface area contributed by atoms with Gasteiger partial charge in [-0.05, 0) is 18.4 Å². The number of nitrogens with zero attached hydrogens (tertiary/aromatic N) is 4. The molecule has 0 radical (unpaired) electrons. The second kappa shape index (κ2) is 7.79. The molecule has 1 saturated heterocycles. The molecule has 1 fully saturated rings. The fourth-order valence-corrected chi connectivity index (χ4v) is 3.62. The van der Waals surface area contributed by atoms with Crippen LogP contribution in [0.1, 0.15) is 6.92 Å². The highest BCUT2D eigenvalue weighted by Crippen LogP contribution is 2.24. The number of halogens is 2. The molecule has 0 saturated carbocycles. The lowest BCUT2D eigenvalue weighted by molar-refractivity contribution is 0.480. The number of piperazine rings is 1. The van der Waals surface area contributed by atoms with E-state index in [-0.39, 0.29) is 24.8 Å². The Hall–Kier alpha value is -1.19. The Labute approximate surface area is 161 Å². The molecule has 1 atom stereocenters. The monoisotopic (exact) mass is 404 g/mol. The number of H-pyrrole nitrogens is 1. The molecule has 130 valence electrons. The fraction of sp³-hybridized carbons (Fsp3) is 0.357. The molecular weight excluding hydrogens is 387 g/mol. The molecule has 0 aromatic carbocycles. The van der Waals surface area contributed by atoms with Gasteiger partial charge in [0.15, 0.2) is 5.82 Å². The molecule has 0 amide bonds. The van der Waals surface area contributed by atoms with Crippen molar-refractivity contribution in [1.29, 1.82) is 0 Å². The van der Waals surface area contributed by atoms with Crippen LogP contribution in [0.5, 0.6) is 0 Å². The number of rotatable bonds is 2. The van der Waals surface area contributed by atoms with Crippen molar-refractivity contribution < 1.29 is 0 Å². The number of hydrogen-bond donors (Lipinski definition) is 2. The number of aromatic amines is 1. The smallest absolute Gasteiger partial charge is 0.254 e. The number of fused-ring (bicyclic) bond motifs is 1. The van der Waals surface area contributed by atoms with Crippen LogP contribution < -0.4 is 10.2 Å². The molecule has 1 unspecified atom stereocenters. The first kappa shape index (κ1) is 19.1. The summed E-state index contributed by atoms with van der Waals surface area (Å²) in [6.07, 6.45) is 0. The van der Waals surface area contributed by atoms with E-state index in [1.165, 1.54) is 0 Å². The van der Waals surface area contributed by atoms with Gasteiger partial charge in [-0.3, -0.25) is 5.10 Å². The van der Waals surface area contributed by atoms with E-state index in [1.807, 2.05) is 28.1 Å². The SMILES string of the molecule is CC1CN(c2cc(=S)nc3nc(-c4cccs4)[nH]n23)CCN1.Cl.Cl. The van der Waals surface area contributed by atoms with Gasteiger partial charge in [-0.25, -0.2) is 4.52 Å². The summed E-state index contributed by atoms with van der Waals surface area (Å²) in [4.78, 5) is 12.4. The summed E-state index contributed by atoms with van der Waals surface area (Å²) >= 11 is 6.97. The van der Waals surface area contributed by atoms with Crippen molar-refractivity contribution >= 4 is 60.0 Å². The van der Waals surface area contributed by atoms with Crippen LogP contribution in [0.4, 0.5) is 5.82 Å². The first-order valence-electron chi connectivity index (χ1n) is 7.23. The molecular formula is C14H18Cl2N6S2. The summed E-state index contributed by atoms with van der Waals surface area (Å²) < 4.78 is 2.51. The van der Waals surface area contributed by atoms with E-state index < -0.39 is 0 Å². The fourth-order valence-electron chi connectivity index (χ4n) is 2.77. The van der Waals surface area contributed by atoms with Gasteiger partial charge in [0, 0.05) is 31.7 Å². The van der Waals surface area contributed by atoms with Gasteiger partial charge in [0.05, 0.1) is 4.88 Å². The highest BCUT2D eigenvalue weighted by Gasteiger charge is 2.20. The summed E-state index contributed by atoms with van der Waals surface area (Å²) in [5, 5.41) is 8.85. The zero-order valence-electron chi connectivity index (χ0n) is 12.9. The predicted molar refractivity (Wildman–Crippen MR) is 106 cm³/mol. The highest BCUT2D eigenvalue weighted by atomic mass is 35.5. The Morgan fingerprint density at radius 3 is 2.88 bits per heavy atom. The van der Waals surface area contributed by atoms with Gasteiger partial charge >= 0.3 is 0 Å². The molecule has 2 N–H and O–H groups in total. The standard InChI is InChI=1S/C14H16N6S2.2ClH/c1-9-8-19(5-4-15-9)12-7-11(21)16-14-17-13(18-20(12)14)10-3-2-6-22-10;;/h2-3,6-7,9,15H,4-5,8H2,1H3,(H,16,17,18,21);2*1H.